The quantitative estimate of drug-likeness (QED) is 0.733. The smallest absolute Gasteiger partial charge is 0.0620 e. The van der Waals surface area contributed by atoms with Gasteiger partial charge in [0.1, 0.15) is 0 Å². The zero-order valence-corrected chi connectivity index (χ0v) is 14.9. The van der Waals surface area contributed by atoms with Gasteiger partial charge in [-0.25, -0.2) is 0 Å². The molecule has 3 unspecified atom stereocenters. The fraction of sp³-hybridized carbons (Fsp3) is 0.684. The van der Waals surface area contributed by atoms with Crippen LogP contribution in [0.1, 0.15) is 38.8 Å². The number of nitrogens with one attached hydrogen (secondary N) is 2. The molecule has 1 saturated heterocycles. The number of hydrogen-bond donors (Lipinski definition) is 2. The molecule has 2 rings (SSSR count). The Morgan fingerprint density at radius 2 is 2.00 bits per heavy atom. The first-order chi connectivity index (χ1) is 11.2. The van der Waals surface area contributed by atoms with E-state index in [-0.39, 0.29) is 0 Å². The number of morpholine rings is 1. The summed E-state index contributed by atoms with van der Waals surface area (Å²) in [6, 6.07) is 12.2. The van der Waals surface area contributed by atoms with E-state index in [1.807, 2.05) is 0 Å². The van der Waals surface area contributed by atoms with E-state index in [2.05, 4.69) is 66.6 Å². The molecule has 4 nitrogen and oxygen atoms in total. The van der Waals surface area contributed by atoms with E-state index in [0.29, 0.717) is 18.1 Å². The molecule has 0 radical (unpaired) electrons. The molecule has 0 aliphatic carbocycles. The van der Waals surface area contributed by atoms with Gasteiger partial charge in [-0.1, -0.05) is 44.2 Å². The van der Waals surface area contributed by atoms with Crippen molar-refractivity contribution < 1.29 is 4.74 Å². The predicted octanol–water partition coefficient (Wildman–Crippen LogP) is 2.43. The fourth-order valence-electron chi connectivity index (χ4n) is 3.39. The lowest BCUT2D eigenvalue weighted by atomic mass is 10.0. The Labute approximate surface area is 141 Å². The molecule has 0 bridgehead atoms. The predicted molar refractivity (Wildman–Crippen MR) is 96.8 cm³/mol. The minimum absolute atomic E-state index is 0.434. The van der Waals surface area contributed by atoms with Gasteiger partial charge in [0, 0.05) is 31.2 Å². The third kappa shape index (κ3) is 5.88. The van der Waals surface area contributed by atoms with E-state index in [9.17, 15) is 0 Å². The van der Waals surface area contributed by atoms with Gasteiger partial charge >= 0.3 is 0 Å². The summed E-state index contributed by atoms with van der Waals surface area (Å²) in [6.07, 6.45) is 1.11. The molecule has 4 heteroatoms. The van der Waals surface area contributed by atoms with Crippen molar-refractivity contribution >= 4 is 0 Å². The Hall–Kier alpha value is -0.940. The van der Waals surface area contributed by atoms with Crippen LogP contribution in [0.25, 0.3) is 0 Å². The van der Waals surface area contributed by atoms with Crippen molar-refractivity contribution in [1.82, 2.24) is 15.5 Å². The second kappa shape index (κ2) is 10.0. The Bertz CT molecular complexity index is 416. The molecule has 0 saturated carbocycles. The second-order valence-corrected chi connectivity index (χ2v) is 6.42. The summed E-state index contributed by atoms with van der Waals surface area (Å²) in [6.45, 7) is 12.6. The van der Waals surface area contributed by atoms with Gasteiger partial charge in [-0.2, -0.15) is 0 Å². The van der Waals surface area contributed by atoms with E-state index in [1.165, 1.54) is 5.56 Å². The van der Waals surface area contributed by atoms with Crippen LogP contribution < -0.4 is 10.6 Å². The van der Waals surface area contributed by atoms with Gasteiger partial charge in [0.05, 0.1) is 13.2 Å². The summed E-state index contributed by atoms with van der Waals surface area (Å²) in [5, 5.41) is 7.28. The molecule has 0 aromatic heterocycles. The molecule has 23 heavy (non-hydrogen) atoms. The standard InChI is InChI=1S/C19H33N3O/c1-4-22(5-2)19(17-9-7-6-8-10-17)14-21-16(3)13-18-15-23-12-11-20-18/h6-10,16,18-21H,4-5,11-15H2,1-3H3. The topological polar surface area (TPSA) is 36.5 Å². The van der Waals surface area contributed by atoms with Crippen molar-refractivity contribution in [3.63, 3.8) is 0 Å². The first-order valence-electron chi connectivity index (χ1n) is 9.08. The highest BCUT2D eigenvalue weighted by atomic mass is 16.5. The molecule has 1 aliphatic heterocycles. The Balaban J connectivity index is 1.89. The summed E-state index contributed by atoms with van der Waals surface area (Å²) >= 11 is 0. The van der Waals surface area contributed by atoms with Gasteiger partial charge in [0.25, 0.3) is 0 Å². The number of hydrogen-bond acceptors (Lipinski definition) is 4. The van der Waals surface area contributed by atoms with Gasteiger partial charge in [0.2, 0.25) is 0 Å². The van der Waals surface area contributed by atoms with Gasteiger partial charge < -0.3 is 15.4 Å². The zero-order chi connectivity index (χ0) is 16.5. The molecule has 1 aromatic carbocycles. The number of benzene rings is 1. The van der Waals surface area contributed by atoms with Crippen LogP contribution in [-0.4, -0.2) is 56.4 Å². The first-order valence-corrected chi connectivity index (χ1v) is 9.08. The van der Waals surface area contributed by atoms with Crippen molar-refractivity contribution in [1.29, 1.82) is 0 Å². The Morgan fingerprint density at radius 3 is 2.61 bits per heavy atom. The fourth-order valence-corrected chi connectivity index (χ4v) is 3.39. The average Bonchev–Trinajstić information content (AvgIpc) is 2.60. The van der Waals surface area contributed by atoms with Crippen molar-refractivity contribution in [3.05, 3.63) is 35.9 Å². The molecular weight excluding hydrogens is 286 g/mol. The van der Waals surface area contributed by atoms with Crippen molar-refractivity contribution in [3.8, 4) is 0 Å². The highest BCUT2D eigenvalue weighted by molar-refractivity contribution is 5.19. The summed E-state index contributed by atoms with van der Waals surface area (Å²) in [4.78, 5) is 2.52. The molecule has 0 spiro atoms. The number of likely N-dealkylation sites (N-methyl/N-ethyl adjacent to an activating group) is 1. The van der Waals surface area contributed by atoms with E-state index >= 15 is 0 Å². The summed E-state index contributed by atoms with van der Waals surface area (Å²) in [5.41, 5.74) is 1.40. The van der Waals surface area contributed by atoms with Crippen molar-refractivity contribution in [2.75, 3.05) is 39.4 Å². The molecular formula is C19H33N3O. The molecule has 1 heterocycles. The van der Waals surface area contributed by atoms with E-state index < -0.39 is 0 Å². The van der Waals surface area contributed by atoms with Crippen LogP contribution in [0.5, 0.6) is 0 Å². The van der Waals surface area contributed by atoms with Crippen LogP contribution in [0.4, 0.5) is 0 Å². The highest BCUT2D eigenvalue weighted by Gasteiger charge is 2.20. The normalized spacial score (nSPS) is 21.3. The van der Waals surface area contributed by atoms with Crippen LogP contribution in [0.3, 0.4) is 0 Å². The Morgan fingerprint density at radius 1 is 1.26 bits per heavy atom. The largest absolute Gasteiger partial charge is 0.379 e. The van der Waals surface area contributed by atoms with Crippen LogP contribution in [0, 0.1) is 0 Å². The number of rotatable bonds is 9. The van der Waals surface area contributed by atoms with Gasteiger partial charge in [0.15, 0.2) is 0 Å². The second-order valence-electron chi connectivity index (χ2n) is 6.42. The maximum absolute atomic E-state index is 5.55. The monoisotopic (exact) mass is 319 g/mol. The molecule has 1 aromatic rings. The summed E-state index contributed by atoms with van der Waals surface area (Å²) in [7, 11) is 0. The molecule has 3 atom stereocenters. The molecule has 1 aliphatic rings. The van der Waals surface area contributed by atoms with Crippen LogP contribution >= 0.6 is 0 Å². The zero-order valence-electron chi connectivity index (χ0n) is 14.9. The van der Waals surface area contributed by atoms with E-state index in [0.717, 1.165) is 45.8 Å². The first kappa shape index (κ1) is 18.4. The third-order valence-corrected chi connectivity index (χ3v) is 4.73. The third-order valence-electron chi connectivity index (χ3n) is 4.73. The summed E-state index contributed by atoms with van der Waals surface area (Å²) in [5.74, 6) is 0. The minimum Gasteiger partial charge on any atom is -0.379 e. The minimum atomic E-state index is 0.434. The maximum atomic E-state index is 5.55. The van der Waals surface area contributed by atoms with E-state index in [1.54, 1.807) is 0 Å². The lowest BCUT2D eigenvalue weighted by Gasteiger charge is -2.32. The number of nitrogens with zero attached hydrogens (tertiary/aromatic N) is 1. The van der Waals surface area contributed by atoms with Crippen LogP contribution in [0.2, 0.25) is 0 Å². The molecule has 2 N–H and O–H groups in total. The average molecular weight is 319 g/mol. The Kier molecular flexibility index (Phi) is 8.03. The van der Waals surface area contributed by atoms with Gasteiger partial charge in [-0.3, -0.25) is 4.90 Å². The molecule has 1 fully saturated rings. The molecule has 130 valence electrons. The lowest BCUT2D eigenvalue weighted by Crippen LogP contribution is -2.46. The van der Waals surface area contributed by atoms with Crippen molar-refractivity contribution in [2.24, 2.45) is 0 Å². The SMILES string of the molecule is CCN(CC)C(CNC(C)CC1COCCN1)c1ccccc1. The van der Waals surface area contributed by atoms with Gasteiger partial charge in [-0.15, -0.1) is 0 Å². The van der Waals surface area contributed by atoms with E-state index in [4.69, 9.17) is 4.74 Å². The summed E-state index contributed by atoms with van der Waals surface area (Å²) < 4.78 is 5.55. The van der Waals surface area contributed by atoms with Crippen LogP contribution in [0.15, 0.2) is 30.3 Å². The van der Waals surface area contributed by atoms with Gasteiger partial charge in [-0.05, 0) is 32.0 Å². The highest BCUT2D eigenvalue weighted by Crippen LogP contribution is 2.20. The van der Waals surface area contributed by atoms with Crippen molar-refractivity contribution in [2.45, 2.75) is 45.3 Å². The van der Waals surface area contributed by atoms with Crippen LogP contribution in [-0.2, 0) is 4.74 Å². The molecule has 0 amide bonds. The number of ether oxygens (including phenoxy) is 1. The maximum Gasteiger partial charge on any atom is 0.0620 e. The lowest BCUT2D eigenvalue weighted by molar-refractivity contribution is 0.0708.